The van der Waals surface area contributed by atoms with Crippen molar-refractivity contribution in [3.63, 3.8) is 0 Å². The van der Waals surface area contributed by atoms with Crippen LogP contribution in [-0.2, 0) is 32.2 Å². The predicted octanol–water partition coefficient (Wildman–Crippen LogP) is 3.01. The van der Waals surface area contributed by atoms with Crippen molar-refractivity contribution in [1.82, 2.24) is 4.98 Å². The summed E-state index contributed by atoms with van der Waals surface area (Å²) >= 11 is 3.49. The average molecular weight is 414 g/mol. The molecule has 1 N–H and O–H groups in total. The molecule has 24 heavy (non-hydrogen) atoms. The molecule has 1 aromatic carbocycles. The van der Waals surface area contributed by atoms with Crippen molar-refractivity contribution in [2.45, 2.75) is 30.9 Å². The van der Waals surface area contributed by atoms with Gasteiger partial charge in [-0.1, -0.05) is 15.9 Å². The molecule has 1 aliphatic carbocycles. The normalized spacial score (nSPS) is 20.4. The lowest BCUT2D eigenvalue weighted by atomic mass is 9.79. The summed E-state index contributed by atoms with van der Waals surface area (Å²) in [6.07, 6.45) is 2.99. The number of ether oxygens (including phenoxy) is 1. The highest BCUT2D eigenvalue weighted by Crippen LogP contribution is 2.40. The number of aromatic amines is 1. The van der Waals surface area contributed by atoms with E-state index in [-0.39, 0.29) is 5.92 Å². The number of esters is 1. The molecule has 1 aromatic heterocycles. The van der Waals surface area contributed by atoms with Crippen molar-refractivity contribution >= 4 is 42.6 Å². The number of aromatic nitrogens is 1. The van der Waals surface area contributed by atoms with Gasteiger partial charge in [-0.05, 0) is 55.9 Å². The second-order valence-electron chi connectivity index (χ2n) is 6.58. The van der Waals surface area contributed by atoms with Crippen molar-refractivity contribution in [3.8, 4) is 0 Å². The van der Waals surface area contributed by atoms with E-state index in [9.17, 15) is 13.2 Å². The Hall–Kier alpha value is -1.34. The standard InChI is InChI=1S/C17H20BrNO4S/c1-17(16(20)23-2,24(3,21)22)10-4-6-12-13-9-11(18)5-7-14(13)19-15(12)8-10/h5,7,9-10,19H,4,6,8H2,1-3H3/t10?,17-/m0/s1. The van der Waals surface area contributed by atoms with Gasteiger partial charge in [0.25, 0.3) is 0 Å². The van der Waals surface area contributed by atoms with Gasteiger partial charge in [0.2, 0.25) is 0 Å². The van der Waals surface area contributed by atoms with E-state index in [4.69, 9.17) is 4.74 Å². The summed E-state index contributed by atoms with van der Waals surface area (Å²) in [5.74, 6) is -0.999. The highest BCUT2D eigenvalue weighted by Gasteiger charge is 2.52. The topological polar surface area (TPSA) is 76.2 Å². The Morgan fingerprint density at radius 3 is 2.75 bits per heavy atom. The molecular formula is C17H20BrNO4S. The average Bonchev–Trinajstić information content (AvgIpc) is 2.89. The number of rotatable bonds is 3. The molecule has 0 amide bonds. The largest absolute Gasteiger partial charge is 0.468 e. The van der Waals surface area contributed by atoms with Crippen LogP contribution in [0.3, 0.4) is 0 Å². The third-order valence-electron chi connectivity index (χ3n) is 5.29. The molecule has 0 radical (unpaired) electrons. The predicted molar refractivity (Wildman–Crippen MR) is 96.8 cm³/mol. The van der Waals surface area contributed by atoms with E-state index in [1.165, 1.54) is 19.6 Å². The summed E-state index contributed by atoms with van der Waals surface area (Å²) < 4.78 is 29.0. The van der Waals surface area contributed by atoms with Gasteiger partial charge in [-0.3, -0.25) is 4.79 Å². The first-order chi connectivity index (χ1) is 11.2. The number of hydrogen-bond acceptors (Lipinski definition) is 4. The van der Waals surface area contributed by atoms with Gasteiger partial charge in [0.15, 0.2) is 14.6 Å². The number of halogens is 1. The maximum absolute atomic E-state index is 12.4. The van der Waals surface area contributed by atoms with E-state index in [0.717, 1.165) is 33.7 Å². The number of carbonyl (C=O) groups excluding carboxylic acids is 1. The molecule has 0 saturated carbocycles. The summed E-state index contributed by atoms with van der Waals surface area (Å²) in [6.45, 7) is 1.49. The van der Waals surface area contributed by atoms with Gasteiger partial charge in [0.1, 0.15) is 0 Å². The van der Waals surface area contributed by atoms with Crippen LogP contribution in [0.2, 0.25) is 0 Å². The van der Waals surface area contributed by atoms with Crippen LogP contribution in [0.15, 0.2) is 22.7 Å². The van der Waals surface area contributed by atoms with Crippen molar-refractivity contribution in [1.29, 1.82) is 0 Å². The first-order valence-corrected chi connectivity index (χ1v) is 10.4. The number of nitrogens with one attached hydrogen (secondary N) is 1. The lowest BCUT2D eigenvalue weighted by molar-refractivity contribution is -0.145. The summed E-state index contributed by atoms with van der Waals surface area (Å²) in [5.41, 5.74) is 3.25. The molecule has 3 rings (SSSR count). The molecular weight excluding hydrogens is 394 g/mol. The van der Waals surface area contributed by atoms with Crippen LogP contribution in [0.1, 0.15) is 24.6 Å². The molecule has 0 aliphatic heterocycles. The van der Waals surface area contributed by atoms with Crippen LogP contribution in [0.25, 0.3) is 10.9 Å². The first-order valence-electron chi connectivity index (χ1n) is 7.75. The number of carbonyl (C=O) groups is 1. The van der Waals surface area contributed by atoms with Crippen molar-refractivity contribution in [3.05, 3.63) is 33.9 Å². The first kappa shape index (κ1) is 17.5. The van der Waals surface area contributed by atoms with Crippen molar-refractivity contribution < 1.29 is 17.9 Å². The minimum absolute atomic E-state index is 0.316. The van der Waals surface area contributed by atoms with E-state index in [1.54, 1.807) is 0 Å². The summed E-state index contributed by atoms with van der Waals surface area (Å²) in [5, 5.41) is 1.15. The van der Waals surface area contributed by atoms with E-state index < -0.39 is 20.6 Å². The van der Waals surface area contributed by atoms with Crippen LogP contribution in [0.4, 0.5) is 0 Å². The van der Waals surface area contributed by atoms with E-state index in [0.29, 0.717) is 12.8 Å². The van der Waals surface area contributed by atoms with E-state index in [2.05, 4.69) is 27.0 Å². The van der Waals surface area contributed by atoms with Gasteiger partial charge < -0.3 is 9.72 Å². The second kappa shape index (κ2) is 5.88. The fourth-order valence-corrected chi connectivity index (χ4v) is 5.25. The van der Waals surface area contributed by atoms with Gasteiger partial charge >= 0.3 is 5.97 Å². The van der Waals surface area contributed by atoms with Crippen LogP contribution in [-0.4, -0.2) is 37.5 Å². The highest BCUT2D eigenvalue weighted by atomic mass is 79.9. The van der Waals surface area contributed by atoms with E-state index in [1.807, 2.05) is 12.1 Å². The molecule has 1 unspecified atom stereocenters. The molecule has 0 bridgehead atoms. The molecule has 2 aromatic rings. The SMILES string of the molecule is COC(=O)[C@](C)(C1CCc2c([nH]c3ccc(Br)cc23)C1)S(C)(=O)=O. The number of fused-ring (bicyclic) bond motifs is 3. The van der Waals surface area contributed by atoms with Gasteiger partial charge in [0.05, 0.1) is 7.11 Å². The zero-order chi connectivity index (χ0) is 17.7. The van der Waals surface area contributed by atoms with Crippen LogP contribution >= 0.6 is 15.9 Å². The third kappa shape index (κ3) is 2.58. The van der Waals surface area contributed by atoms with Crippen LogP contribution in [0.5, 0.6) is 0 Å². The zero-order valence-corrected chi connectivity index (χ0v) is 16.3. The Balaban J connectivity index is 2.05. The van der Waals surface area contributed by atoms with Crippen LogP contribution < -0.4 is 0 Å². The van der Waals surface area contributed by atoms with Crippen molar-refractivity contribution in [2.75, 3.05) is 13.4 Å². The molecule has 1 aliphatic rings. The summed E-state index contributed by atoms with van der Waals surface area (Å²) in [4.78, 5) is 15.7. The fraction of sp³-hybridized carbons (Fsp3) is 0.471. The Labute approximate surface area is 149 Å². The Bertz CT molecular complexity index is 918. The molecule has 7 heteroatoms. The molecule has 0 spiro atoms. The van der Waals surface area contributed by atoms with Gasteiger partial charge in [-0.25, -0.2) is 8.42 Å². The zero-order valence-electron chi connectivity index (χ0n) is 13.8. The Morgan fingerprint density at radius 1 is 1.42 bits per heavy atom. The highest BCUT2D eigenvalue weighted by molar-refractivity contribution is 9.10. The summed E-state index contributed by atoms with van der Waals surface area (Å²) in [7, 11) is -2.37. The number of methoxy groups -OCH3 is 1. The molecule has 130 valence electrons. The maximum Gasteiger partial charge on any atom is 0.327 e. The molecule has 2 atom stereocenters. The second-order valence-corrected chi connectivity index (χ2v) is 9.89. The number of sulfone groups is 1. The Morgan fingerprint density at radius 2 is 2.12 bits per heavy atom. The minimum atomic E-state index is -3.61. The molecule has 1 heterocycles. The lowest BCUT2D eigenvalue weighted by Gasteiger charge is -2.35. The number of aryl methyl sites for hydroxylation is 1. The number of H-pyrrole nitrogens is 1. The van der Waals surface area contributed by atoms with Crippen LogP contribution in [0, 0.1) is 5.92 Å². The Kier molecular flexibility index (Phi) is 4.28. The lowest BCUT2D eigenvalue weighted by Crippen LogP contribution is -2.51. The fourth-order valence-electron chi connectivity index (χ4n) is 3.70. The minimum Gasteiger partial charge on any atom is -0.468 e. The monoisotopic (exact) mass is 413 g/mol. The molecule has 0 fully saturated rings. The van der Waals surface area contributed by atoms with Crippen molar-refractivity contribution in [2.24, 2.45) is 5.92 Å². The third-order valence-corrected chi connectivity index (χ3v) is 7.82. The maximum atomic E-state index is 12.4. The van der Waals surface area contributed by atoms with Gasteiger partial charge in [0, 0.05) is 27.3 Å². The smallest absolute Gasteiger partial charge is 0.327 e. The molecule has 5 nitrogen and oxygen atoms in total. The molecule has 0 saturated heterocycles. The number of benzene rings is 1. The summed E-state index contributed by atoms with van der Waals surface area (Å²) in [6, 6.07) is 6.04. The van der Waals surface area contributed by atoms with Gasteiger partial charge in [-0.15, -0.1) is 0 Å². The number of hydrogen-bond donors (Lipinski definition) is 1. The van der Waals surface area contributed by atoms with Gasteiger partial charge in [-0.2, -0.15) is 0 Å². The quantitative estimate of drug-likeness (QED) is 0.784. The van der Waals surface area contributed by atoms with E-state index >= 15 is 0 Å².